The van der Waals surface area contributed by atoms with E-state index in [9.17, 15) is 39.3 Å². The van der Waals surface area contributed by atoms with E-state index >= 15 is 0 Å². The number of aromatic nitrogens is 1. The molecule has 2 aromatic carbocycles. The van der Waals surface area contributed by atoms with E-state index < -0.39 is 80.0 Å². The van der Waals surface area contributed by atoms with Gasteiger partial charge in [-0.15, -0.1) is 0 Å². The Hall–Kier alpha value is -5.12. The van der Waals surface area contributed by atoms with Crippen molar-refractivity contribution in [3.05, 3.63) is 79.8 Å². The number of aryl methyl sites for hydroxylation is 1. The van der Waals surface area contributed by atoms with Crippen molar-refractivity contribution in [3.8, 4) is 17.2 Å². The number of nitrogens with zero attached hydrogens (tertiary/aromatic N) is 1. The fourth-order valence-electron chi connectivity index (χ4n) is 6.61. The number of fused-ring (bicyclic) bond motifs is 5. The number of phenolic OH excluding ortho intramolecular Hbond substituents is 3. The van der Waals surface area contributed by atoms with Crippen molar-refractivity contribution >= 4 is 45.7 Å². The number of phenols is 3. The number of carbonyl (C=O) groups is 4. The van der Waals surface area contributed by atoms with Crippen LogP contribution in [-0.4, -0.2) is 55.2 Å². The third kappa shape index (κ3) is 3.26. The van der Waals surface area contributed by atoms with Crippen LogP contribution in [0.3, 0.4) is 0 Å². The van der Waals surface area contributed by atoms with E-state index in [2.05, 4.69) is 9.98 Å². The summed E-state index contributed by atoms with van der Waals surface area (Å²) in [5, 5.41) is 34.2. The van der Waals surface area contributed by atoms with E-state index in [1.807, 2.05) is 13.0 Å². The molecule has 4 aliphatic carbocycles. The Morgan fingerprint density at radius 2 is 1.60 bits per heavy atom. The van der Waals surface area contributed by atoms with E-state index in [1.54, 1.807) is 30.4 Å². The lowest BCUT2D eigenvalue weighted by atomic mass is 9.76. The topological polar surface area (TPSA) is 174 Å². The minimum Gasteiger partial charge on any atom is -0.507 e. The lowest BCUT2D eigenvalue weighted by Crippen LogP contribution is -2.36. The van der Waals surface area contributed by atoms with Gasteiger partial charge in [0.2, 0.25) is 5.78 Å². The smallest absolute Gasteiger partial charge is 0.260 e. The van der Waals surface area contributed by atoms with Crippen LogP contribution >= 0.6 is 0 Å². The second-order valence-electron chi connectivity index (χ2n) is 11.2. The van der Waals surface area contributed by atoms with E-state index in [0.717, 1.165) is 12.8 Å². The van der Waals surface area contributed by atoms with Crippen molar-refractivity contribution in [2.45, 2.75) is 50.5 Å². The molecule has 7 rings (SSSR count). The molecule has 10 nitrogen and oxygen atoms in total. The summed E-state index contributed by atoms with van der Waals surface area (Å²) in [5.41, 5.74) is -4.08. The summed E-state index contributed by atoms with van der Waals surface area (Å²) >= 11 is 0. The van der Waals surface area contributed by atoms with E-state index in [4.69, 9.17) is 0 Å². The molecule has 0 saturated heterocycles. The summed E-state index contributed by atoms with van der Waals surface area (Å²) in [5.74, 6) is -5.56. The highest BCUT2D eigenvalue weighted by molar-refractivity contribution is 6.54. The highest BCUT2D eigenvalue weighted by Crippen LogP contribution is 2.57. The molecule has 0 aliphatic heterocycles. The van der Waals surface area contributed by atoms with E-state index in [-0.39, 0.29) is 35.5 Å². The predicted octanol–water partition coefficient (Wildman–Crippen LogP) is 3.87. The molecule has 1 spiro atoms. The Morgan fingerprint density at radius 3 is 2.26 bits per heavy atom. The Kier molecular flexibility index (Phi) is 5.34. The number of Topliss-reactive ketones (excluding diaryl/α,β-unsaturated/α-hetero) is 4. The maximum absolute atomic E-state index is 14.2. The molecule has 210 valence electrons. The number of benzene rings is 2. The third-order valence-corrected chi connectivity index (χ3v) is 8.64. The number of ketones is 4. The Balaban J connectivity index is 1.43. The second kappa shape index (κ2) is 8.69. The Bertz CT molecular complexity index is 2010. The summed E-state index contributed by atoms with van der Waals surface area (Å²) in [4.78, 5) is 74.7. The number of pyridine rings is 1. The van der Waals surface area contributed by atoms with Gasteiger partial charge in [0.05, 0.1) is 45.8 Å². The van der Waals surface area contributed by atoms with E-state index in [0.29, 0.717) is 16.6 Å². The van der Waals surface area contributed by atoms with Crippen molar-refractivity contribution in [2.24, 2.45) is 4.99 Å². The van der Waals surface area contributed by atoms with Gasteiger partial charge >= 0.3 is 0 Å². The summed E-state index contributed by atoms with van der Waals surface area (Å²) < 4.78 is 0. The van der Waals surface area contributed by atoms with Crippen LogP contribution in [0.25, 0.3) is 16.8 Å². The number of carbonyl (C=O) groups excluding carboxylic acids is 4. The molecule has 0 bridgehead atoms. The summed E-state index contributed by atoms with van der Waals surface area (Å²) in [6.07, 6.45) is 8.23. The fourth-order valence-corrected chi connectivity index (χ4v) is 6.61. The van der Waals surface area contributed by atoms with E-state index in [1.165, 1.54) is 0 Å². The molecule has 1 heterocycles. The molecular formula is C32H24N2O8. The quantitative estimate of drug-likeness (QED) is 0.211. The average molecular weight is 565 g/mol. The first-order valence-corrected chi connectivity index (χ1v) is 13.7. The number of rotatable bonds is 3. The zero-order valence-electron chi connectivity index (χ0n) is 22.4. The number of hydrogen-bond acceptors (Lipinski definition) is 9. The summed E-state index contributed by atoms with van der Waals surface area (Å²) in [6.45, 7) is 1.85. The lowest BCUT2D eigenvalue weighted by Gasteiger charge is -2.22. The minimum absolute atomic E-state index is 0.0642. The average Bonchev–Trinajstić information content (AvgIpc) is 3.63. The maximum atomic E-state index is 14.2. The molecule has 0 amide bonds. The van der Waals surface area contributed by atoms with Crippen molar-refractivity contribution < 1.29 is 34.5 Å². The molecule has 10 heteroatoms. The highest BCUT2D eigenvalue weighted by atomic mass is 16.3. The van der Waals surface area contributed by atoms with Gasteiger partial charge in [-0.25, -0.2) is 0 Å². The van der Waals surface area contributed by atoms with Gasteiger partial charge in [0.1, 0.15) is 22.7 Å². The lowest BCUT2D eigenvalue weighted by molar-refractivity contribution is 0.0790. The number of aromatic amines is 1. The largest absolute Gasteiger partial charge is 0.507 e. The van der Waals surface area contributed by atoms with Gasteiger partial charge in [0.15, 0.2) is 17.3 Å². The standard InChI is InChI=1S/C32H24N2O8/c1-2-3-4-5-16-11-14-10-13-8-9-32(24(13)28(39)19(14)31(42)34-16)29(40)22-23(30(32)41)27(38)21-20(26(22)37)18(35)12-17(25(21)36)33-15-6-7-15/h2-5,10-11,15,37-39H,6-9,12H2,1H3,(H,34,42)/t32-/m0/s1. The molecule has 1 saturated carbocycles. The SMILES string of the molecule is CC=CC=Cc1cc2cc3c(c(O)c2c(=O)[nH]1)[C@@]1(CC3)C(=O)c2c(O)c3c(c(O)c2C1=O)C(=O)C(=NC1CC1)CC3=O. The zero-order valence-corrected chi connectivity index (χ0v) is 22.4. The first-order chi connectivity index (χ1) is 20.1. The van der Waals surface area contributed by atoms with Crippen molar-refractivity contribution in [1.82, 2.24) is 4.98 Å². The van der Waals surface area contributed by atoms with Crippen molar-refractivity contribution in [3.63, 3.8) is 0 Å². The predicted molar refractivity (Wildman–Crippen MR) is 152 cm³/mol. The number of nitrogens with one attached hydrogen (secondary N) is 1. The van der Waals surface area contributed by atoms with Gasteiger partial charge in [0, 0.05) is 11.3 Å². The first-order valence-electron chi connectivity index (χ1n) is 13.7. The number of allylic oxidation sites excluding steroid dienone is 3. The van der Waals surface area contributed by atoms with Crippen molar-refractivity contribution in [1.29, 1.82) is 0 Å². The summed E-state index contributed by atoms with van der Waals surface area (Å²) in [7, 11) is 0. The molecule has 3 aromatic rings. The second-order valence-corrected chi connectivity index (χ2v) is 11.2. The van der Waals surface area contributed by atoms with Gasteiger partial charge in [-0.2, -0.15) is 0 Å². The number of aliphatic imine (C=N–C) groups is 1. The van der Waals surface area contributed by atoms with Gasteiger partial charge < -0.3 is 20.3 Å². The van der Waals surface area contributed by atoms with Crippen LogP contribution in [0.15, 0.2) is 40.1 Å². The fraction of sp³-hybridized carbons (Fsp3) is 0.250. The molecule has 1 fully saturated rings. The normalized spacial score (nSPS) is 22.4. The number of aromatic hydroxyl groups is 3. The molecule has 4 N–H and O–H groups in total. The molecule has 4 aliphatic rings. The number of H-pyrrole nitrogens is 1. The monoisotopic (exact) mass is 564 g/mol. The Morgan fingerprint density at radius 1 is 0.905 bits per heavy atom. The molecule has 1 atom stereocenters. The van der Waals surface area contributed by atoms with Gasteiger partial charge in [-0.1, -0.05) is 24.3 Å². The summed E-state index contributed by atoms with van der Waals surface area (Å²) in [6, 6.07) is 3.22. The van der Waals surface area contributed by atoms with Crippen LogP contribution in [0.4, 0.5) is 0 Å². The first kappa shape index (κ1) is 25.8. The molecule has 0 unspecified atom stereocenters. The number of hydrogen-bond donors (Lipinski definition) is 4. The van der Waals surface area contributed by atoms with Crippen LogP contribution in [0, 0.1) is 0 Å². The van der Waals surface area contributed by atoms with Crippen LogP contribution in [-0.2, 0) is 11.8 Å². The van der Waals surface area contributed by atoms with Gasteiger partial charge in [-0.05, 0) is 55.7 Å². The highest BCUT2D eigenvalue weighted by Gasteiger charge is 2.61. The molecule has 0 radical (unpaired) electrons. The van der Waals surface area contributed by atoms with Gasteiger partial charge in [-0.3, -0.25) is 29.0 Å². The minimum atomic E-state index is -2.05. The zero-order chi connectivity index (χ0) is 29.7. The van der Waals surface area contributed by atoms with Crippen molar-refractivity contribution in [2.75, 3.05) is 0 Å². The van der Waals surface area contributed by atoms with Crippen LogP contribution in [0.2, 0.25) is 0 Å². The van der Waals surface area contributed by atoms with Gasteiger partial charge in [0.25, 0.3) is 5.56 Å². The molecule has 1 aromatic heterocycles. The Labute approximate surface area is 237 Å². The maximum Gasteiger partial charge on any atom is 0.260 e. The molecule has 42 heavy (non-hydrogen) atoms. The van der Waals surface area contributed by atoms with Crippen LogP contribution in [0.1, 0.15) is 90.9 Å². The van der Waals surface area contributed by atoms with Crippen LogP contribution in [0.5, 0.6) is 17.2 Å². The molecular weight excluding hydrogens is 540 g/mol. The third-order valence-electron chi connectivity index (χ3n) is 8.64. The van der Waals surface area contributed by atoms with Crippen LogP contribution < -0.4 is 5.56 Å².